The van der Waals surface area contributed by atoms with Gasteiger partial charge in [-0.3, -0.25) is 4.79 Å². The number of aldehydes is 1. The van der Waals surface area contributed by atoms with Crippen molar-refractivity contribution in [2.45, 2.75) is 26.4 Å². The highest BCUT2D eigenvalue weighted by Gasteiger charge is 2.23. The molecule has 0 heterocycles. The molecule has 4 heteroatoms. The van der Waals surface area contributed by atoms with Crippen LogP contribution in [-0.2, 0) is 6.61 Å². The van der Waals surface area contributed by atoms with Gasteiger partial charge in [-0.25, -0.2) is 4.39 Å². The zero-order valence-electron chi connectivity index (χ0n) is 16.2. The van der Waals surface area contributed by atoms with Crippen LogP contribution in [0.5, 0.6) is 11.5 Å². The summed E-state index contributed by atoms with van der Waals surface area (Å²) in [6.07, 6.45) is 0.836. The molecule has 3 aromatic rings. The second kappa shape index (κ2) is 8.70. The molecule has 0 spiro atoms. The van der Waals surface area contributed by atoms with Crippen molar-refractivity contribution in [3.63, 3.8) is 0 Å². The smallest absolute Gasteiger partial charge is 0.170 e. The molecule has 144 valence electrons. The highest BCUT2D eigenvalue weighted by molar-refractivity contribution is 5.94. The number of ether oxygens (including phenoxy) is 2. The van der Waals surface area contributed by atoms with E-state index in [-0.39, 0.29) is 11.7 Å². The van der Waals surface area contributed by atoms with Gasteiger partial charge in [0.1, 0.15) is 12.4 Å². The van der Waals surface area contributed by atoms with E-state index in [0.29, 0.717) is 34.8 Å². The van der Waals surface area contributed by atoms with E-state index in [1.165, 1.54) is 12.1 Å². The van der Waals surface area contributed by atoms with Gasteiger partial charge in [0.2, 0.25) is 0 Å². The monoisotopic (exact) mass is 378 g/mol. The number of methoxy groups -OCH3 is 1. The Balaban J connectivity index is 2.19. The van der Waals surface area contributed by atoms with Crippen LogP contribution in [0.1, 0.15) is 41.3 Å². The summed E-state index contributed by atoms with van der Waals surface area (Å²) in [6, 6.07) is 17.6. The van der Waals surface area contributed by atoms with Crippen LogP contribution in [0.15, 0.2) is 60.7 Å². The quantitative estimate of drug-likeness (QED) is 0.472. The number of carbonyl (C=O) groups is 1. The Hall–Kier alpha value is -3.14. The SMILES string of the molecule is COc1cc(C(C)C)c(C=O)c(-c2ccc(F)cc2)c1OCc1ccccc1. The van der Waals surface area contributed by atoms with E-state index in [2.05, 4.69) is 0 Å². The Morgan fingerprint density at radius 2 is 1.71 bits per heavy atom. The molecular formula is C24H23FO3. The van der Waals surface area contributed by atoms with E-state index in [1.807, 2.05) is 50.2 Å². The minimum Gasteiger partial charge on any atom is -0.493 e. The summed E-state index contributed by atoms with van der Waals surface area (Å²) in [7, 11) is 1.57. The molecule has 3 nitrogen and oxygen atoms in total. The number of halogens is 1. The van der Waals surface area contributed by atoms with Crippen molar-refractivity contribution < 1.29 is 18.7 Å². The Kier molecular flexibility index (Phi) is 6.09. The van der Waals surface area contributed by atoms with Crippen LogP contribution in [0.3, 0.4) is 0 Å². The number of hydrogen-bond acceptors (Lipinski definition) is 3. The molecule has 0 aliphatic carbocycles. The van der Waals surface area contributed by atoms with Crippen molar-refractivity contribution in [2.75, 3.05) is 7.11 Å². The molecule has 0 atom stereocenters. The molecule has 0 radical (unpaired) electrons. The van der Waals surface area contributed by atoms with Gasteiger partial charge < -0.3 is 9.47 Å². The van der Waals surface area contributed by atoms with Gasteiger partial charge in [0.25, 0.3) is 0 Å². The van der Waals surface area contributed by atoms with Gasteiger partial charge in [0.15, 0.2) is 17.8 Å². The van der Waals surface area contributed by atoms with Crippen LogP contribution in [0, 0.1) is 5.82 Å². The number of carbonyl (C=O) groups excluding carboxylic acids is 1. The summed E-state index contributed by atoms with van der Waals surface area (Å²) in [5.41, 5.74) is 3.71. The Labute approximate surface area is 164 Å². The molecule has 0 N–H and O–H groups in total. The van der Waals surface area contributed by atoms with Gasteiger partial charge in [-0.15, -0.1) is 0 Å². The van der Waals surface area contributed by atoms with E-state index >= 15 is 0 Å². The summed E-state index contributed by atoms with van der Waals surface area (Å²) in [5.74, 6) is 0.792. The zero-order valence-corrected chi connectivity index (χ0v) is 16.2. The molecule has 0 aromatic heterocycles. The molecule has 3 rings (SSSR count). The first-order valence-electron chi connectivity index (χ1n) is 9.17. The molecule has 0 saturated carbocycles. The van der Waals surface area contributed by atoms with E-state index < -0.39 is 0 Å². The maximum atomic E-state index is 13.5. The number of hydrogen-bond donors (Lipinski definition) is 0. The predicted octanol–water partition coefficient (Wildman–Crippen LogP) is 6.02. The van der Waals surface area contributed by atoms with Crippen molar-refractivity contribution in [1.82, 2.24) is 0 Å². The second-order valence-corrected chi connectivity index (χ2v) is 6.84. The van der Waals surface area contributed by atoms with Crippen molar-refractivity contribution in [2.24, 2.45) is 0 Å². The first-order chi connectivity index (χ1) is 13.5. The lowest BCUT2D eigenvalue weighted by molar-refractivity contribution is 0.112. The summed E-state index contributed by atoms with van der Waals surface area (Å²) in [4.78, 5) is 12.0. The molecule has 0 unspecified atom stereocenters. The van der Waals surface area contributed by atoms with E-state index in [0.717, 1.165) is 17.4 Å². The van der Waals surface area contributed by atoms with Crippen LogP contribution in [0.25, 0.3) is 11.1 Å². The Morgan fingerprint density at radius 3 is 2.29 bits per heavy atom. The van der Waals surface area contributed by atoms with Crippen LogP contribution >= 0.6 is 0 Å². The molecule has 28 heavy (non-hydrogen) atoms. The average Bonchev–Trinajstić information content (AvgIpc) is 2.72. The molecule has 0 fully saturated rings. The molecule has 0 saturated heterocycles. The van der Waals surface area contributed by atoms with Crippen LogP contribution in [-0.4, -0.2) is 13.4 Å². The summed E-state index contributed by atoms with van der Waals surface area (Å²) < 4.78 is 25.2. The number of rotatable bonds is 7. The topological polar surface area (TPSA) is 35.5 Å². The van der Waals surface area contributed by atoms with Crippen molar-refractivity contribution in [1.29, 1.82) is 0 Å². The fraction of sp³-hybridized carbons (Fsp3) is 0.208. The Morgan fingerprint density at radius 1 is 1.04 bits per heavy atom. The van der Waals surface area contributed by atoms with Gasteiger partial charge in [-0.1, -0.05) is 56.3 Å². The lowest BCUT2D eigenvalue weighted by atomic mass is 9.89. The lowest BCUT2D eigenvalue weighted by Gasteiger charge is -2.21. The molecule has 0 bridgehead atoms. The van der Waals surface area contributed by atoms with Crippen molar-refractivity contribution in [3.05, 3.63) is 83.2 Å². The van der Waals surface area contributed by atoms with E-state index in [9.17, 15) is 9.18 Å². The second-order valence-electron chi connectivity index (χ2n) is 6.84. The predicted molar refractivity (Wildman–Crippen MR) is 109 cm³/mol. The van der Waals surface area contributed by atoms with E-state index in [1.54, 1.807) is 19.2 Å². The van der Waals surface area contributed by atoms with Gasteiger partial charge in [-0.2, -0.15) is 0 Å². The molecule has 0 amide bonds. The summed E-state index contributed by atoms with van der Waals surface area (Å²) in [5, 5.41) is 0. The van der Waals surface area contributed by atoms with Crippen LogP contribution in [0.2, 0.25) is 0 Å². The fourth-order valence-corrected chi connectivity index (χ4v) is 3.21. The van der Waals surface area contributed by atoms with Crippen LogP contribution in [0.4, 0.5) is 4.39 Å². The van der Waals surface area contributed by atoms with Crippen molar-refractivity contribution in [3.8, 4) is 22.6 Å². The van der Waals surface area contributed by atoms with Crippen LogP contribution < -0.4 is 9.47 Å². The standard InChI is InChI=1S/C24H23FO3/c1-16(2)20-13-22(27-3)24(28-15-17-7-5-4-6-8-17)23(21(20)14-26)18-9-11-19(25)12-10-18/h4-14,16H,15H2,1-3H3. The first-order valence-corrected chi connectivity index (χ1v) is 9.17. The maximum absolute atomic E-state index is 13.5. The highest BCUT2D eigenvalue weighted by atomic mass is 19.1. The summed E-state index contributed by atoms with van der Waals surface area (Å²) in [6.45, 7) is 4.35. The third-order valence-corrected chi connectivity index (χ3v) is 4.64. The molecule has 3 aromatic carbocycles. The number of benzene rings is 3. The molecule has 0 aliphatic heterocycles. The zero-order chi connectivity index (χ0) is 20.1. The van der Waals surface area contributed by atoms with Gasteiger partial charge in [-0.05, 0) is 40.8 Å². The first kappa shape index (κ1) is 19.6. The highest BCUT2D eigenvalue weighted by Crippen LogP contribution is 2.44. The third-order valence-electron chi connectivity index (χ3n) is 4.64. The summed E-state index contributed by atoms with van der Waals surface area (Å²) >= 11 is 0. The molecular weight excluding hydrogens is 355 g/mol. The molecule has 0 aliphatic rings. The van der Waals surface area contributed by atoms with Gasteiger partial charge in [0, 0.05) is 11.1 Å². The van der Waals surface area contributed by atoms with Gasteiger partial charge in [0.05, 0.1) is 7.11 Å². The Bertz CT molecular complexity index is 948. The minimum atomic E-state index is -0.338. The average molecular weight is 378 g/mol. The van der Waals surface area contributed by atoms with Gasteiger partial charge >= 0.3 is 0 Å². The third kappa shape index (κ3) is 4.06. The lowest BCUT2D eigenvalue weighted by Crippen LogP contribution is -2.06. The largest absolute Gasteiger partial charge is 0.493 e. The minimum absolute atomic E-state index is 0.108. The normalized spacial score (nSPS) is 10.8. The maximum Gasteiger partial charge on any atom is 0.170 e. The van der Waals surface area contributed by atoms with Crippen molar-refractivity contribution >= 4 is 6.29 Å². The fourth-order valence-electron chi connectivity index (χ4n) is 3.21. The van der Waals surface area contributed by atoms with E-state index in [4.69, 9.17) is 9.47 Å².